The van der Waals surface area contributed by atoms with Gasteiger partial charge in [-0.15, -0.1) is 5.10 Å². The molecule has 7 nitrogen and oxygen atoms in total. The molecule has 1 saturated heterocycles. The molecule has 8 heteroatoms. The Morgan fingerprint density at radius 2 is 2.40 bits per heavy atom. The van der Waals surface area contributed by atoms with Crippen molar-refractivity contribution in [3.63, 3.8) is 0 Å². The summed E-state index contributed by atoms with van der Waals surface area (Å²) in [5.74, 6) is -0.142. The van der Waals surface area contributed by atoms with Gasteiger partial charge in [0.15, 0.2) is 5.54 Å². The molecule has 2 aromatic heterocycles. The fourth-order valence-corrected chi connectivity index (χ4v) is 3.78. The van der Waals surface area contributed by atoms with E-state index in [0.717, 1.165) is 32.1 Å². The van der Waals surface area contributed by atoms with Crippen molar-refractivity contribution in [2.24, 2.45) is 0 Å². The maximum Gasteiger partial charge on any atom is 0.252 e. The van der Waals surface area contributed by atoms with E-state index in [2.05, 4.69) is 21.7 Å². The van der Waals surface area contributed by atoms with Gasteiger partial charge in [0, 0.05) is 12.0 Å². The van der Waals surface area contributed by atoms with Crippen molar-refractivity contribution in [2.75, 3.05) is 6.61 Å². The van der Waals surface area contributed by atoms with Crippen molar-refractivity contribution >= 4 is 17.2 Å². The summed E-state index contributed by atoms with van der Waals surface area (Å²) in [6.07, 6.45) is 6.20. The van der Waals surface area contributed by atoms with Crippen molar-refractivity contribution in [3.8, 4) is 6.07 Å². The van der Waals surface area contributed by atoms with Crippen LogP contribution in [0.3, 0.4) is 0 Å². The standard InChI is InChI=1S/C17H19N5O2S/c18-11-17(5-6-17)22-9-13(20-21-22)15(14-3-1-2-7-24-14)19-16(23)12-4-8-25-10-12/h4,8-10,14-15H,1-3,5-7H2,(H,19,23)/t14-,15+/m1/s1. The summed E-state index contributed by atoms with van der Waals surface area (Å²) in [5, 5.41) is 24.5. The molecule has 0 spiro atoms. The summed E-state index contributed by atoms with van der Waals surface area (Å²) in [4.78, 5) is 12.5. The molecule has 1 N–H and O–H groups in total. The lowest BCUT2D eigenvalue weighted by Crippen LogP contribution is -2.39. The van der Waals surface area contributed by atoms with Gasteiger partial charge in [-0.2, -0.15) is 16.6 Å². The average molecular weight is 357 g/mol. The summed E-state index contributed by atoms with van der Waals surface area (Å²) < 4.78 is 7.53. The molecule has 130 valence electrons. The maximum absolute atomic E-state index is 12.5. The SMILES string of the molecule is N#CC1(n2cc([C@H](NC(=O)c3ccsc3)[C@H]3CCCCO3)nn2)CC1. The molecular weight excluding hydrogens is 338 g/mol. The van der Waals surface area contributed by atoms with Crippen LogP contribution in [-0.4, -0.2) is 33.6 Å². The average Bonchev–Trinajstić information content (AvgIpc) is 3.05. The molecule has 3 heterocycles. The van der Waals surface area contributed by atoms with Crippen molar-refractivity contribution in [2.45, 2.75) is 49.8 Å². The Morgan fingerprint density at radius 3 is 3.04 bits per heavy atom. The predicted molar refractivity (Wildman–Crippen MR) is 91.0 cm³/mol. The van der Waals surface area contributed by atoms with Crippen LogP contribution < -0.4 is 5.32 Å². The monoisotopic (exact) mass is 357 g/mol. The van der Waals surface area contributed by atoms with E-state index in [1.165, 1.54) is 11.3 Å². The fraction of sp³-hybridized carbons (Fsp3) is 0.529. The van der Waals surface area contributed by atoms with E-state index in [0.29, 0.717) is 17.9 Å². The highest BCUT2D eigenvalue weighted by Gasteiger charge is 2.47. The molecule has 25 heavy (non-hydrogen) atoms. The first-order valence-corrected chi connectivity index (χ1v) is 9.45. The number of amides is 1. The van der Waals surface area contributed by atoms with Gasteiger partial charge in [0.1, 0.15) is 11.7 Å². The van der Waals surface area contributed by atoms with Crippen molar-refractivity contribution in [3.05, 3.63) is 34.3 Å². The van der Waals surface area contributed by atoms with Crippen LogP contribution in [-0.2, 0) is 10.3 Å². The molecule has 2 fully saturated rings. The van der Waals surface area contributed by atoms with Gasteiger partial charge < -0.3 is 10.1 Å². The summed E-state index contributed by atoms with van der Waals surface area (Å²) in [6.45, 7) is 0.686. The third kappa shape index (κ3) is 3.17. The lowest BCUT2D eigenvalue weighted by molar-refractivity contribution is -0.00830. The maximum atomic E-state index is 12.5. The Balaban J connectivity index is 1.59. The minimum Gasteiger partial charge on any atom is -0.376 e. The van der Waals surface area contributed by atoms with Gasteiger partial charge in [-0.1, -0.05) is 5.21 Å². The second-order valence-corrected chi connectivity index (χ2v) is 7.38. The highest BCUT2D eigenvalue weighted by atomic mass is 32.1. The molecule has 1 saturated carbocycles. The third-order valence-corrected chi connectivity index (χ3v) is 5.54. The van der Waals surface area contributed by atoms with Crippen LogP contribution >= 0.6 is 11.3 Å². The summed E-state index contributed by atoms with van der Waals surface area (Å²) >= 11 is 1.48. The smallest absolute Gasteiger partial charge is 0.252 e. The van der Waals surface area contributed by atoms with Gasteiger partial charge in [-0.25, -0.2) is 4.68 Å². The second kappa shape index (κ2) is 6.58. The number of hydrogen-bond donors (Lipinski definition) is 1. The predicted octanol–water partition coefficient (Wildman–Crippen LogP) is 2.39. The van der Waals surface area contributed by atoms with E-state index >= 15 is 0 Å². The van der Waals surface area contributed by atoms with Crippen LogP contribution in [0.1, 0.15) is 54.2 Å². The summed E-state index contributed by atoms with van der Waals surface area (Å²) in [5.41, 5.74) is 0.728. The van der Waals surface area contributed by atoms with Crippen LogP contribution in [0.4, 0.5) is 0 Å². The number of rotatable bonds is 5. The van der Waals surface area contributed by atoms with Crippen LogP contribution in [0.25, 0.3) is 0 Å². The first-order chi connectivity index (χ1) is 12.2. The number of carbonyl (C=O) groups excluding carboxylic acids is 1. The van der Waals surface area contributed by atoms with Gasteiger partial charge in [0.2, 0.25) is 0 Å². The molecule has 2 aliphatic rings. The van der Waals surface area contributed by atoms with E-state index in [-0.39, 0.29) is 18.1 Å². The number of nitriles is 1. The van der Waals surface area contributed by atoms with E-state index in [4.69, 9.17) is 4.74 Å². The van der Waals surface area contributed by atoms with Crippen LogP contribution in [0.2, 0.25) is 0 Å². The number of carbonyl (C=O) groups is 1. The molecule has 2 aromatic rings. The van der Waals surface area contributed by atoms with Crippen LogP contribution in [0.5, 0.6) is 0 Å². The molecular formula is C17H19N5O2S. The summed E-state index contributed by atoms with van der Waals surface area (Å²) in [7, 11) is 0. The number of aromatic nitrogens is 3. The summed E-state index contributed by atoms with van der Waals surface area (Å²) in [6, 6.07) is 3.74. The molecule has 4 rings (SSSR count). The third-order valence-electron chi connectivity index (χ3n) is 4.86. The minimum atomic E-state index is -0.555. The Morgan fingerprint density at radius 1 is 1.52 bits per heavy atom. The number of hydrogen-bond acceptors (Lipinski definition) is 6. The minimum absolute atomic E-state index is 0.126. The highest BCUT2D eigenvalue weighted by molar-refractivity contribution is 7.08. The highest BCUT2D eigenvalue weighted by Crippen LogP contribution is 2.42. The van der Waals surface area contributed by atoms with E-state index in [9.17, 15) is 10.1 Å². The molecule has 1 aliphatic heterocycles. The number of ether oxygens (including phenoxy) is 1. The van der Waals surface area contributed by atoms with E-state index in [1.54, 1.807) is 16.9 Å². The zero-order valence-corrected chi connectivity index (χ0v) is 14.5. The van der Waals surface area contributed by atoms with E-state index < -0.39 is 5.54 Å². The van der Waals surface area contributed by atoms with Crippen molar-refractivity contribution in [1.29, 1.82) is 5.26 Å². The fourth-order valence-electron chi connectivity index (χ4n) is 3.14. The van der Waals surface area contributed by atoms with Crippen LogP contribution in [0.15, 0.2) is 23.0 Å². The first-order valence-electron chi connectivity index (χ1n) is 8.50. The lowest BCUT2D eigenvalue weighted by Gasteiger charge is -2.29. The molecule has 0 bridgehead atoms. The molecule has 0 radical (unpaired) electrons. The van der Waals surface area contributed by atoms with Gasteiger partial charge in [0.05, 0.1) is 23.9 Å². The molecule has 0 unspecified atom stereocenters. The quantitative estimate of drug-likeness (QED) is 0.887. The van der Waals surface area contributed by atoms with Crippen LogP contribution in [0, 0.1) is 11.3 Å². The lowest BCUT2D eigenvalue weighted by atomic mass is 9.99. The van der Waals surface area contributed by atoms with Gasteiger partial charge >= 0.3 is 0 Å². The molecule has 0 aromatic carbocycles. The zero-order valence-electron chi connectivity index (χ0n) is 13.7. The van der Waals surface area contributed by atoms with Gasteiger partial charge in [0.25, 0.3) is 5.91 Å². The van der Waals surface area contributed by atoms with Gasteiger partial charge in [-0.3, -0.25) is 4.79 Å². The number of nitrogens with zero attached hydrogens (tertiary/aromatic N) is 4. The van der Waals surface area contributed by atoms with Crippen molar-refractivity contribution < 1.29 is 9.53 Å². The Labute approximate surface area is 149 Å². The van der Waals surface area contributed by atoms with Gasteiger partial charge in [-0.05, 0) is 43.6 Å². The largest absolute Gasteiger partial charge is 0.376 e. The second-order valence-electron chi connectivity index (χ2n) is 6.60. The number of nitrogens with one attached hydrogen (secondary N) is 1. The Kier molecular flexibility index (Phi) is 4.27. The first kappa shape index (κ1) is 16.2. The Bertz CT molecular complexity index is 784. The molecule has 2 atom stereocenters. The van der Waals surface area contributed by atoms with Crippen molar-refractivity contribution in [1.82, 2.24) is 20.3 Å². The van der Waals surface area contributed by atoms with E-state index in [1.807, 2.05) is 10.8 Å². The zero-order chi connectivity index (χ0) is 17.3. The Hall–Kier alpha value is -2.24. The topological polar surface area (TPSA) is 92.8 Å². The molecule has 1 amide bonds. The molecule has 1 aliphatic carbocycles. The normalized spacial score (nSPS) is 22.8. The number of thiophene rings is 1.